The Morgan fingerprint density at radius 1 is 1.20 bits per heavy atom. The molecule has 0 fully saturated rings. The minimum atomic E-state index is -0.598. The van der Waals surface area contributed by atoms with Crippen LogP contribution in [0.4, 0.5) is 14.5 Å². The van der Waals surface area contributed by atoms with Gasteiger partial charge in [-0.05, 0) is 24.3 Å². The summed E-state index contributed by atoms with van der Waals surface area (Å²) in [6.07, 6.45) is 0. The number of benzene rings is 2. The molecule has 3 N–H and O–H groups in total. The molecule has 0 aromatic heterocycles. The van der Waals surface area contributed by atoms with Crippen molar-refractivity contribution in [2.45, 2.75) is 6.54 Å². The van der Waals surface area contributed by atoms with Crippen molar-refractivity contribution in [1.82, 2.24) is 0 Å². The summed E-state index contributed by atoms with van der Waals surface area (Å²) in [5.74, 6) is -1.19. The largest absolute Gasteiger partial charge is 0.389 e. The molecule has 2 aromatic rings. The van der Waals surface area contributed by atoms with E-state index in [0.29, 0.717) is 16.8 Å². The van der Waals surface area contributed by atoms with Crippen molar-refractivity contribution in [3.8, 4) is 0 Å². The monoisotopic (exact) mass is 356 g/mol. The van der Waals surface area contributed by atoms with E-state index in [4.69, 9.17) is 18.0 Å². The molecule has 6 heteroatoms. The predicted octanol–water partition coefficient (Wildman–Crippen LogP) is 3.97. The van der Waals surface area contributed by atoms with Gasteiger partial charge in [0.25, 0.3) is 0 Å². The molecular weight excluding hydrogens is 346 g/mol. The molecule has 0 atom stereocenters. The molecule has 0 amide bonds. The molecule has 2 nitrogen and oxygen atoms in total. The van der Waals surface area contributed by atoms with Gasteiger partial charge in [-0.25, -0.2) is 8.78 Å². The number of nitrogens with two attached hydrogens (primary N) is 1. The number of nitrogens with one attached hydrogen (secondary N) is 1. The van der Waals surface area contributed by atoms with E-state index in [-0.39, 0.29) is 11.5 Å². The van der Waals surface area contributed by atoms with Crippen molar-refractivity contribution >= 4 is 38.8 Å². The molecule has 0 spiro atoms. The van der Waals surface area contributed by atoms with E-state index in [1.54, 1.807) is 12.1 Å². The zero-order valence-corrected chi connectivity index (χ0v) is 12.7. The van der Waals surface area contributed by atoms with Crippen molar-refractivity contribution in [2.24, 2.45) is 5.73 Å². The normalized spacial score (nSPS) is 10.3. The second kappa shape index (κ2) is 6.28. The molecular formula is C14H11BrF2N2S. The van der Waals surface area contributed by atoms with Gasteiger partial charge < -0.3 is 11.1 Å². The van der Waals surface area contributed by atoms with Crippen LogP contribution in [0, 0.1) is 11.6 Å². The quantitative estimate of drug-likeness (QED) is 0.814. The van der Waals surface area contributed by atoms with Gasteiger partial charge in [-0.3, -0.25) is 0 Å². The SMILES string of the molecule is NC(=S)c1cc(Br)ccc1NCc1ccc(F)cc1F. The molecule has 2 rings (SSSR count). The fourth-order valence-electron chi connectivity index (χ4n) is 1.73. The van der Waals surface area contributed by atoms with E-state index >= 15 is 0 Å². The Bertz CT molecular complexity index is 662. The van der Waals surface area contributed by atoms with Crippen molar-refractivity contribution in [2.75, 3.05) is 5.32 Å². The fraction of sp³-hybridized carbons (Fsp3) is 0.0714. The second-order valence-corrected chi connectivity index (χ2v) is 5.50. The van der Waals surface area contributed by atoms with Crippen LogP contribution >= 0.6 is 28.1 Å². The first-order valence-corrected chi connectivity index (χ1v) is 6.94. The molecule has 0 heterocycles. The highest BCUT2D eigenvalue weighted by atomic mass is 79.9. The zero-order chi connectivity index (χ0) is 14.7. The minimum absolute atomic E-state index is 0.212. The summed E-state index contributed by atoms with van der Waals surface area (Å²) >= 11 is 8.31. The Hall–Kier alpha value is -1.53. The van der Waals surface area contributed by atoms with Crippen LogP contribution < -0.4 is 11.1 Å². The van der Waals surface area contributed by atoms with Crippen LogP contribution in [-0.2, 0) is 6.54 Å². The summed E-state index contributed by atoms with van der Waals surface area (Å²) in [4.78, 5) is 0.244. The molecule has 0 unspecified atom stereocenters. The van der Waals surface area contributed by atoms with Gasteiger partial charge in [-0.1, -0.05) is 34.2 Å². The lowest BCUT2D eigenvalue weighted by Gasteiger charge is -2.12. The highest BCUT2D eigenvalue weighted by Crippen LogP contribution is 2.22. The highest BCUT2D eigenvalue weighted by Gasteiger charge is 2.08. The van der Waals surface area contributed by atoms with Gasteiger partial charge in [0.15, 0.2) is 0 Å². The lowest BCUT2D eigenvalue weighted by atomic mass is 10.1. The van der Waals surface area contributed by atoms with Crippen molar-refractivity contribution in [3.05, 3.63) is 63.6 Å². The predicted molar refractivity (Wildman–Crippen MR) is 83.7 cm³/mol. The average molecular weight is 357 g/mol. The fourth-order valence-corrected chi connectivity index (χ4v) is 2.26. The maximum absolute atomic E-state index is 13.5. The second-order valence-electron chi connectivity index (χ2n) is 4.14. The van der Waals surface area contributed by atoms with Gasteiger partial charge in [-0.2, -0.15) is 0 Å². The third-order valence-corrected chi connectivity index (χ3v) is 3.44. The Morgan fingerprint density at radius 3 is 2.60 bits per heavy atom. The molecule has 104 valence electrons. The molecule has 0 saturated heterocycles. The molecule has 0 aliphatic rings. The molecule has 0 aliphatic carbocycles. The van der Waals surface area contributed by atoms with Gasteiger partial charge in [0.1, 0.15) is 16.6 Å². The van der Waals surface area contributed by atoms with Crippen molar-refractivity contribution in [3.63, 3.8) is 0 Å². The molecule has 20 heavy (non-hydrogen) atoms. The van der Waals surface area contributed by atoms with Crippen LogP contribution in [0.5, 0.6) is 0 Å². The van der Waals surface area contributed by atoms with Crippen LogP contribution in [-0.4, -0.2) is 4.99 Å². The number of hydrogen-bond acceptors (Lipinski definition) is 2. The first-order valence-electron chi connectivity index (χ1n) is 5.74. The summed E-state index contributed by atoms with van der Waals surface area (Å²) < 4.78 is 27.2. The van der Waals surface area contributed by atoms with Crippen molar-refractivity contribution in [1.29, 1.82) is 0 Å². The number of rotatable bonds is 4. The van der Waals surface area contributed by atoms with Crippen LogP contribution in [0.15, 0.2) is 40.9 Å². The lowest BCUT2D eigenvalue weighted by Crippen LogP contribution is -2.13. The van der Waals surface area contributed by atoms with E-state index < -0.39 is 11.6 Å². The number of anilines is 1. The third kappa shape index (κ3) is 3.52. The summed E-state index contributed by atoms with van der Waals surface area (Å²) in [7, 11) is 0. The van der Waals surface area contributed by atoms with E-state index in [1.165, 1.54) is 12.1 Å². The van der Waals surface area contributed by atoms with Crippen molar-refractivity contribution < 1.29 is 8.78 Å². The third-order valence-electron chi connectivity index (χ3n) is 2.73. The lowest BCUT2D eigenvalue weighted by molar-refractivity contribution is 0.574. The molecule has 2 aromatic carbocycles. The van der Waals surface area contributed by atoms with Gasteiger partial charge in [0.05, 0.1) is 0 Å². The van der Waals surface area contributed by atoms with Crippen LogP contribution in [0.3, 0.4) is 0 Å². The maximum atomic E-state index is 13.5. The van der Waals surface area contributed by atoms with E-state index in [0.717, 1.165) is 10.5 Å². The van der Waals surface area contributed by atoms with Crippen LogP contribution in [0.2, 0.25) is 0 Å². The number of hydrogen-bond donors (Lipinski definition) is 2. The Kier molecular flexibility index (Phi) is 4.67. The van der Waals surface area contributed by atoms with E-state index in [1.807, 2.05) is 6.07 Å². The Balaban J connectivity index is 2.20. The topological polar surface area (TPSA) is 38.0 Å². The van der Waals surface area contributed by atoms with Gasteiger partial charge in [-0.15, -0.1) is 0 Å². The molecule has 0 aliphatic heterocycles. The summed E-state index contributed by atoms with van der Waals surface area (Å²) in [5, 5.41) is 3.05. The van der Waals surface area contributed by atoms with Gasteiger partial charge >= 0.3 is 0 Å². The van der Waals surface area contributed by atoms with Crippen LogP contribution in [0.25, 0.3) is 0 Å². The first-order chi connectivity index (χ1) is 9.47. The molecule has 0 radical (unpaired) electrons. The summed E-state index contributed by atoms with van der Waals surface area (Å²) in [5.41, 5.74) is 7.38. The standard InChI is InChI=1S/C14H11BrF2N2S/c15-9-2-4-13(11(5-9)14(18)20)19-7-8-1-3-10(16)6-12(8)17/h1-6,19H,7H2,(H2,18,20). The highest BCUT2D eigenvalue weighted by molar-refractivity contribution is 9.10. The average Bonchev–Trinajstić information content (AvgIpc) is 2.38. The summed E-state index contributed by atoms with van der Waals surface area (Å²) in [6.45, 7) is 0.212. The van der Waals surface area contributed by atoms with E-state index in [2.05, 4.69) is 21.2 Å². The Morgan fingerprint density at radius 2 is 1.95 bits per heavy atom. The first kappa shape index (κ1) is 14.9. The van der Waals surface area contributed by atoms with E-state index in [9.17, 15) is 8.78 Å². The molecule has 0 bridgehead atoms. The zero-order valence-electron chi connectivity index (χ0n) is 10.3. The molecule has 0 saturated carbocycles. The Labute approximate surface area is 129 Å². The number of thiocarbonyl (C=S) groups is 1. The van der Waals surface area contributed by atoms with Gasteiger partial charge in [0, 0.05) is 33.9 Å². The maximum Gasteiger partial charge on any atom is 0.131 e. The van der Waals surface area contributed by atoms with Gasteiger partial charge in [0.2, 0.25) is 0 Å². The minimum Gasteiger partial charge on any atom is -0.389 e. The van der Waals surface area contributed by atoms with Crippen LogP contribution in [0.1, 0.15) is 11.1 Å². The number of halogens is 3. The summed E-state index contributed by atoms with van der Waals surface area (Å²) in [6, 6.07) is 8.87. The smallest absolute Gasteiger partial charge is 0.131 e.